The van der Waals surface area contributed by atoms with E-state index in [4.69, 9.17) is 14.9 Å². The Labute approximate surface area is 193 Å². The normalized spacial score (nSPS) is 16.5. The molecule has 0 saturated heterocycles. The molecule has 0 aliphatic carbocycles. The summed E-state index contributed by atoms with van der Waals surface area (Å²) in [6, 6.07) is 13.5. The fourth-order valence-electron chi connectivity index (χ4n) is 3.16. The first-order valence-electron chi connectivity index (χ1n) is 9.76. The number of benzene rings is 2. The van der Waals surface area contributed by atoms with E-state index in [1.165, 1.54) is 17.3 Å². The molecule has 31 heavy (non-hydrogen) atoms. The van der Waals surface area contributed by atoms with Crippen molar-refractivity contribution in [2.24, 2.45) is 4.99 Å². The molecule has 2 aromatic rings. The zero-order valence-electron chi connectivity index (χ0n) is 16.8. The van der Waals surface area contributed by atoms with E-state index >= 15 is 0 Å². The van der Waals surface area contributed by atoms with E-state index < -0.39 is 5.91 Å². The summed E-state index contributed by atoms with van der Waals surface area (Å²) in [7, 11) is 0. The summed E-state index contributed by atoms with van der Waals surface area (Å²) in [5.41, 5.74) is 2.19. The zero-order valence-corrected chi connectivity index (χ0v) is 19.2. The molecule has 2 aromatic carbocycles. The Morgan fingerprint density at radius 1 is 1.16 bits per heavy atom. The predicted octanol–water partition coefficient (Wildman–Crippen LogP) is 5.25. The second-order valence-electron chi connectivity index (χ2n) is 6.73. The quantitative estimate of drug-likeness (QED) is 0.417. The number of para-hydroxylation sites is 1. The number of carbonyl (C=O) groups is 1. The molecule has 4 rings (SSSR count). The van der Waals surface area contributed by atoms with E-state index in [9.17, 15) is 4.79 Å². The van der Waals surface area contributed by atoms with Gasteiger partial charge in [-0.05, 0) is 63.2 Å². The summed E-state index contributed by atoms with van der Waals surface area (Å²) >= 11 is 4.85. The third kappa shape index (κ3) is 4.75. The third-order valence-corrected chi connectivity index (χ3v) is 6.11. The largest absolute Gasteiger partial charge is 0.490 e. The van der Waals surface area contributed by atoms with Crippen LogP contribution in [-0.2, 0) is 11.2 Å². The molecule has 0 spiro atoms. The summed E-state index contributed by atoms with van der Waals surface area (Å²) in [6.07, 6.45) is 4.32. The first kappa shape index (κ1) is 21.4. The third-order valence-electron chi connectivity index (χ3n) is 4.73. The van der Waals surface area contributed by atoms with Crippen molar-refractivity contribution in [1.82, 2.24) is 4.90 Å². The van der Waals surface area contributed by atoms with Crippen LogP contribution in [0.5, 0.6) is 11.5 Å². The van der Waals surface area contributed by atoms with Gasteiger partial charge in [0.15, 0.2) is 5.17 Å². The lowest BCUT2D eigenvalue weighted by molar-refractivity contribution is -0.114. The number of fused-ring (bicyclic) bond motifs is 1. The molecular formula is C23H20BrN3O3S. The number of aryl methyl sites for hydroxylation is 1. The molecule has 0 unspecified atom stereocenters. The molecule has 8 heteroatoms. The average molecular weight is 498 g/mol. The first-order chi connectivity index (χ1) is 15.1. The van der Waals surface area contributed by atoms with Crippen LogP contribution in [0.15, 0.2) is 69.1 Å². The molecule has 1 N–H and O–H groups in total. The van der Waals surface area contributed by atoms with Crippen LogP contribution < -0.4 is 9.47 Å². The van der Waals surface area contributed by atoms with Crippen molar-refractivity contribution in [1.29, 1.82) is 5.41 Å². The molecule has 0 bridgehead atoms. The number of hydrogen-bond acceptors (Lipinski definition) is 5. The van der Waals surface area contributed by atoms with Gasteiger partial charge in [0.1, 0.15) is 30.5 Å². The van der Waals surface area contributed by atoms with Gasteiger partial charge in [-0.2, -0.15) is 4.99 Å². The molecule has 1 amide bonds. The van der Waals surface area contributed by atoms with E-state index in [-0.39, 0.29) is 11.4 Å². The maximum absolute atomic E-state index is 12.3. The average Bonchev–Trinajstić information content (AvgIpc) is 3.24. The molecule has 2 heterocycles. The number of amidine groups is 2. The minimum Gasteiger partial charge on any atom is -0.490 e. The second-order valence-corrected chi connectivity index (χ2v) is 8.45. The summed E-state index contributed by atoms with van der Waals surface area (Å²) in [6.45, 7) is 2.93. The minimum atomic E-state index is -0.409. The smallest absolute Gasteiger partial charge is 0.283 e. The van der Waals surface area contributed by atoms with Crippen molar-refractivity contribution in [2.75, 3.05) is 13.2 Å². The monoisotopic (exact) mass is 497 g/mol. The van der Waals surface area contributed by atoms with E-state index in [0.717, 1.165) is 22.2 Å². The summed E-state index contributed by atoms with van der Waals surface area (Å²) in [5, 5.41) is 10.6. The maximum Gasteiger partial charge on any atom is 0.283 e. The highest BCUT2D eigenvalue weighted by Crippen LogP contribution is 2.30. The number of halogens is 1. The highest BCUT2D eigenvalue weighted by Gasteiger charge is 2.31. The molecule has 0 aromatic heterocycles. The summed E-state index contributed by atoms with van der Waals surface area (Å²) < 4.78 is 12.4. The SMILES string of the molecule is CCc1ccccc1OCCOc1ccc(/C=C2/C(=N)N3C=CSC3=NC2=O)cc1Br. The van der Waals surface area contributed by atoms with Crippen molar-refractivity contribution in [3.63, 3.8) is 0 Å². The maximum atomic E-state index is 12.3. The van der Waals surface area contributed by atoms with Crippen molar-refractivity contribution in [3.8, 4) is 11.5 Å². The van der Waals surface area contributed by atoms with Crippen molar-refractivity contribution in [2.45, 2.75) is 13.3 Å². The van der Waals surface area contributed by atoms with Gasteiger partial charge in [-0.3, -0.25) is 15.1 Å². The molecule has 0 fully saturated rings. The Kier molecular flexibility index (Phi) is 6.58. The number of carbonyl (C=O) groups excluding carboxylic acids is 1. The van der Waals surface area contributed by atoms with Crippen LogP contribution in [0.4, 0.5) is 0 Å². The topological polar surface area (TPSA) is 75.0 Å². The van der Waals surface area contributed by atoms with Crippen molar-refractivity contribution in [3.05, 3.63) is 75.2 Å². The molecule has 0 atom stereocenters. The van der Waals surface area contributed by atoms with Gasteiger partial charge in [0.2, 0.25) is 0 Å². The fourth-order valence-corrected chi connectivity index (χ4v) is 4.38. The molecule has 2 aliphatic heterocycles. The van der Waals surface area contributed by atoms with E-state index in [1.807, 2.05) is 36.4 Å². The molecule has 2 aliphatic rings. The van der Waals surface area contributed by atoms with Gasteiger partial charge in [-0.15, -0.1) is 0 Å². The van der Waals surface area contributed by atoms with Gasteiger partial charge in [0.05, 0.1) is 10.0 Å². The van der Waals surface area contributed by atoms with Gasteiger partial charge in [-0.25, -0.2) is 0 Å². The van der Waals surface area contributed by atoms with Gasteiger partial charge < -0.3 is 9.47 Å². The first-order valence-corrected chi connectivity index (χ1v) is 11.4. The van der Waals surface area contributed by atoms with Crippen molar-refractivity contribution < 1.29 is 14.3 Å². The molecule has 158 valence electrons. The van der Waals surface area contributed by atoms with Crippen molar-refractivity contribution >= 4 is 50.7 Å². The van der Waals surface area contributed by atoms with Crippen LogP contribution in [0.1, 0.15) is 18.1 Å². The lowest BCUT2D eigenvalue weighted by Gasteiger charge is -2.22. The number of thioether (sulfide) groups is 1. The second kappa shape index (κ2) is 9.53. The summed E-state index contributed by atoms with van der Waals surface area (Å²) in [4.78, 5) is 18.0. The number of amides is 1. The number of ether oxygens (including phenoxy) is 2. The summed E-state index contributed by atoms with van der Waals surface area (Å²) in [5.74, 6) is 1.27. The minimum absolute atomic E-state index is 0.122. The number of nitrogens with zero attached hydrogens (tertiary/aromatic N) is 2. The lowest BCUT2D eigenvalue weighted by Crippen LogP contribution is -2.35. The van der Waals surface area contributed by atoms with Gasteiger partial charge >= 0.3 is 0 Å². The van der Waals surface area contributed by atoms with Crippen LogP contribution >= 0.6 is 27.7 Å². The Bertz CT molecular complexity index is 1130. The predicted molar refractivity (Wildman–Crippen MR) is 128 cm³/mol. The van der Waals surface area contributed by atoms with E-state index in [0.29, 0.717) is 24.1 Å². The number of aliphatic imine (C=N–C) groups is 1. The highest BCUT2D eigenvalue weighted by molar-refractivity contribution is 9.10. The molecule has 0 radical (unpaired) electrons. The fraction of sp³-hybridized carbons (Fsp3) is 0.174. The van der Waals surface area contributed by atoms with Gasteiger partial charge in [0.25, 0.3) is 5.91 Å². The standard InChI is InChI=1S/C23H20BrN3O3S/c1-2-16-5-3-4-6-19(16)29-10-11-30-20-8-7-15(14-18(20)24)13-17-21(25)27-9-12-31-23(27)26-22(17)28/h3-9,12-14,25H,2,10-11H2,1H3/b17-13-,25-21?. The number of nitrogens with one attached hydrogen (secondary N) is 1. The Morgan fingerprint density at radius 2 is 1.94 bits per heavy atom. The molecular weight excluding hydrogens is 478 g/mol. The van der Waals surface area contributed by atoms with Crippen LogP contribution in [0.25, 0.3) is 6.08 Å². The van der Waals surface area contributed by atoms with E-state index in [2.05, 4.69) is 33.9 Å². The van der Waals surface area contributed by atoms with Crippen LogP contribution in [0, 0.1) is 5.41 Å². The molecule has 6 nitrogen and oxygen atoms in total. The number of rotatable bonds is 7. The van der Waals surface area contributed by atoms with Gasteiger partial charge in [0, 0.05) is 6.20 Å². The van der Waals surface area contributed by atoms with Gasteiger partial charge in [-0.1, -0.05) is 43.0 Å². The van der Waals surface area contributed by atoms with Crippen LogP contribution in [-0.4, -0.2) is 35.0 Å². The van der Waals surface area contributed by atoms with E-state index in [1.54, 1.807) is 22.6 Å². The Balaban J connectivity index is 1.39. The van der Waals surface area contributed by atoms with Crippen LogP contribution in [0.2, 0.25) is 0 Å². The zero-order chi connectivity index (χ0) is 21.8. The van der Waals surface area contributed by atoms with Crippen LogP contribution in [0.3, 0.4) is 0 Å². The Hall–Kier alpha value is -2.84. The lowest BCUT2D eigenvalue weighted by atomic mass is 10.1. The Morgan fingerprint density at radius 3 is 2.71 bits per heavy atom. The number of hydrogen-bond donors (Lipinski definition) is 1. The molecule has 0 saturated carbocycles. The highest BCUT2D eigenvalue weighted by atomic mass is 79.9.